The van der Waals surface area contributed by atoms with Gasteiger partial charge in [0.1, 0.15) is 10.0 Å². The molecule has 0 atom stereocenters. The van der Waals surface area contributed by atoms with Gasteiger partial charge in [0.15, 0.2) is 5.43 Å². The minimum atomic E-state index is -0.795. The Hall–Kier alpha value is -3.27. The van der Waals surface area contributed by atoms with E-state index in [-0.39, 0.29) is 31.7 Å². The quantitative estimate of drug-likeness (QED) is 0.305. The van der Waals surface area contributed by atoms with Gasteiger partial charge in [-0.2, -0.15) is 0 Å². The highest BCUT2D eigenvalue weighted by molar-refractivity contribution is 8.10. The molecule has 0 saturated heterocycles. The normalized spacial score (nSPS) is 15.1. The smallest absolute Gasteiger partial charge is 0.289 e. The Balaban J connectivity index is 2.07. The second-order valence-corrected chi connectivity index (χ2v) is 8.55. The Kier molecular flexibility index (Phi) is 4.20. The number of carbonyl (C=O) groups excluding carboxylic acids is 1. The number of hydrogen-bond acceptors (Lipinski definition) is 7. The van der Waals surface area contributed by atoms with E-state index >= 15 is 0 Å². The van der Waals surface area contributed by atoms with E-state index < -0.39 is 42.5 Å². The molecule has 4 aromatic rings. The highest BCUT2D eigenvalue weighted by atomic mass is 35.5. The van der Waals surface area contributed by atoms with Gasteiger partial charge in [0.2, 0.25) is 5.78 Å². The predicted molar refractivity (Wildman–Crippen MR) is 117 cm³/mol. The number of benzene rings is 3. The summed E-state index contributed by atoms with van der Waals surface area (Å²) < 4.78 is 0. The van der Waals surface area contributed by atoms with Crippen LogP contribution in [0.15, 0.2) is 46.1 Å². The average molecular weight is 473 g/mol. The fraction of sp³-hybridized carbons (Fsp3) is 0. The van der Waals surface area contributed by atoms with Gasteiger partial charge in [-0.25, -0.2) is 0 Å². The van der Waals surface area contributed by atoms with Crippen LogP contribution in [0.4, 0.5) is 11.4 Å². The third kappa shape index (κ3) is 2.57. The Morgan fingerprint density at radius 2 is 1.42 bits per heavy atom. The number of hydrogen-bond donors (Lipinski definition) is 0. The first-order valence-corrected chi connectivity index (χ1v) is 10.2. The molecule has 1 heterocycles. The predicted octanol–water partition coefficient (Wildman–Crippen LogP) is 4.73. The Bertz CT molecular complexity index is 1630. The molecule has 0 saturated carbocycles. The van der Waals surface area contributed by atoms with Crippen molar-refractivity contribution in [1.82, 2.24) is 0 Å². The lowest BCUT2D eigenvalue weighted by Crippen LogP contribution is -2.23. The summed E-state index contributed by atoms with van der Waals surface area (Å²) in [6, 6.07) is 8.90. The zero-order valence-electron chi connectivity index (χ0n) is 15.0. The monoisotopic (exact) mass is 472 g/mol. The molecule has 11 heteroatoms. The molecule has 152 valence electrons. The van der Waals surface area contributed by atoms with Gasteiger partial charge >= 0.3 is 0 Å². The molecule has 0 unspecified atom stereocenters. The molecule has 0 N–H and O–H groups in total. The molecule has 0 spiro atoms. The maximum Gasteiger partial charge on any atom is 0.289 e. The number of nitrogens with zero attached hydrogens (tertiary/aromatic N) is 2. The van der Waals surface area contributed by atoms with Crippen LogP contribution < -0.4 is 10.6 Å². The molecule has 0 amide bonds. The van der Waals surface area contributed by atoms with E-state index in [1.165, 1.54) is 0 Å². The van der Waals surface area contributed by atoms with Crippen molar-refractivity contribution in [3.8, 4) is 0 Å². The van der Waals surface area contributed by atoms with Crippen LogP contribution in [0.3, 0.4) is 0 Å². The van der Waals surface area contributed by atoms with Crippen molar-refractivity contribution in [3.63, 3.8) is 0 Å². The van der Waals surface area contributed by atoms with Crippen molar-refractivity contribution in [2.45, 2.75) is 4.90 Å². The lowest BCUT2D eigenvalue weighted by Gasteiger charge is -2.06. The topological polar surface area (TPSA) is 120 Å². The highest BCUT2D eigenvalue weighted by Crippen LogP contribution is 2.46. The van der Waals surface area contributed by atoms with E-state index in [2.05, 4.69) is 0 Å². The summed E-state index contributed by atoms with van der Waals surface area (Å²) in [5, 5.41) is 22.2. The number of thioether (sulfide) groups is 1. The number of ketones is 1. The van der Waals surface area contributed by atoms with E-state index in [1.807, 2.05) is 0 Å². The van der Waals surface area contributed by atoms with E-state index in [0.29, 0.717) is 10.5 Å². The maximum atomic E-state index is 13.3. The maximum absolute atomic E-state index is 13.3. The second-order valence-electron chi connectivity index (χ2n) is 6.74. The van der Waals surface area contributed by atoms with Gasteiger partial charge in [0.05, 0.1) is 14.8 Å². The summed E-state index contributed by atoms with van der Waals surface area (Å²) >= 11 is 13.5. The number of fused-ring (bicyclic) bond motifs is 1. The second kappa shape index (κ2) is 6.61. The third-order valence-corrected chi connectivity index (χ3v) is 7.09. The number of nitro groups is 2. The summed E-state index contributed by atoms with van der Waals surface area (Å²) in [5.41, 5.74) is -1.42. The zero-order valence-corrected chi connectivity index (χ0v) is 17.3. The van der Waals surface area contributed by atoms with Crippen LogP contribution in [0.1, 0.15) is 10.4 Å². The summed E-state index contributed by atoms with van der Waals surface area (Å²) in [4.78, 5) is 48.6. The molecular weight excluding hydrogens is 467 g/mol. The number of nitro benzene ring substituents is 2. The van der Waals surface area contributed by atoms with Crippen LogP contribution in [0.5, 0.6) is 0 Å². The molecule has 0 aliphatic carbocycles. The first-order valence-electron chi connectivity index (χ1n) is 8.60. The summed E-state index contributed by atoms with van der Waals surface area (Å²) in [6.45, 7) is 0. The minimum Gasteiger partial charge on any atom is -0.289 e. The van der Waals surface area contributed by atoms with Crippen LogP contribution in [0, 0.1) is 20.2 Å². The van der Waals surface area contributed by atoms with Gasteiger partial charge in [0, 0.05) is 49.4 Å². The lowest BCUT2D eigenvalue weighted by atomic mass is 10.0. The summed E-state index contributed by atoms with van der Waals surface area (Å²) in [6.07, 6.45) is 0. The summed E-state index contributed by atoms with van der Waals surface area (Å²) in [7, 11) is 0. The van der Waals surface area contributed by atoms with Gasteiger partial charge in [-0.1, -0.05) is 47.1 Å². The molecule has 0 bridgehead atoms. The van der Waals surface area contributed by atoms with Crippen molar-refractivity contribution < 1.29 is 14.6 Å². The number of rotatable bonds is 2. The molecule has 1 aliphatic rings. The molecule has 31 heavy (non-hydrogen) atoms. The van der Waals surface area contributed by atoms with E-state index in [9.17, 15) is 29.8 Å². The van der Waals surface area contributed by atoms with Crippen LogP contribution in [0.2, 0.25) is 10.0 Å². The molecule has 1 aliphatic heterocycles. The van der Waals surface area contributed by atoms with Gasteiger partial charge in [-0.15, -0.1) is 0 Å². The standard InChI is InChI=1S/C20H6Cl2N2O6S/c21-16-10(23(27)28)5-8-13-9(6-11(24(29)30)17(22)15(13)16)18(25)14(8)20-19(26)7-3-1-2-4-12(7)31-20/h1-6H. The Morgan fingerprint density at radius 1 is 0.839 bits per heavy atom. The van der Waals surface area contributed by atoms with Crippen molar-refractivity contribution in [2.24, 2.45) is 0 Å². The Labute approximate surface area is 185 Å². The van der Waals surface area contributed by atoms with E-state index in [1.54, 1.807) is 24.3 Å². The molecule has 5 rings (SSSR count). The molecule has 0 aromatic heterocycles. The van der Waals surface area contributed by atoms with Crippen molar-refractivity contribution in [1.29, 1.82) is 0 Å². The molecule has 0 radical (unpaired) electrons. The van der Waals surface area contributed by atoms with Crippen LogP contribution >= 0.6 is 35.0 Å². The van der Waals surface area contributed by atoms with Crippen molar-refractivity contribution in [3.05, 3.63) is 87.7 Å². The van der Waals surface area contributed by atoms with Crippen LogP contribution in [-0.4, -0.2) is 15.6 Å². The van der Waals surface area contributed by atoms with Crippen LogP contribution in [-0.2, 0) is 0 Å². The average Bonchev–Trinajstić information content (AvgIpc) is 3.19. The van der Waals surface area contributed by atoms with Crippen LogP contribution in [0.25, 0.3) is 26.5 Å². The van der Waals surface area contributed by atoms with E-state index in [4.69, 9.17) is 23.2 Å². The first-order chi connectivity index (χ1) is 14.7. The van der Waals surface area contributed by atoms with Gasteiger partial charge in [-0.3, -0.25) is 29.8 Å². The number of halogens is 2. The molecular formula is C20H6Cl2N2O6S. The first kappa shape index (κ1) is 19.7. The van der Waals surface area contributed by atoms with Crippen molar-refractivity contribution >= 4 is 78.6 Å². The molecule has 4 aromatic carbocycles. The largest absolute Gasteiger partial charge is 0.289 e. The van der Waals surface area contributed by atoms with Gasteiger partial charge in [-0.05, 0) is 12.1 Å². The minimum absolute atomic E-state index is 0.0532. The van der Waals surface area contributed by atoms with Gasteiger partial charge < -0.3 is 0 Å². The SMILES string of the molecule is O=C1C(=c2c(=O)c3cc([N+](=O)[O-])c(Cl)c4c(Cl)c([N+](=O)[O-])cc2c43)Sc2ccccc21. The fourth-order valence-electron chi connectivity index (χ4n) is 3.84. The van der Waals surface area contributed by atoms with Gasteiger partial charge in [0.25, 0.3) is 11.4 Å². The highest BCUT2D eigenvalue weighted by Gasteiger charge is 2.32. The van der Waals surface area contributed by atoms with Crippen molar-refractivity contribution in [2.75, 3.05) is 0 Å². The lowest BCUT2D eigenvalue weighted by molar-refractivity contribution is -0.384. The molecule has 8 nitrogen and oxygen atoms in total. The number of Topliss-reactive ketones (excluding diaryl/α,β-unsaturated/α-hetero) is 1. The zero-order chi connectivity index (χ0) is 22.2. The summed E-state index contributed by atoms with van der Waals surface area (Å²) in [5.74, 6) is -0.400. The third-order valence-electron chi connectivity index (χ3n) is 5.15. The fourth-order valence-corrected chi connectivity index (χ4v) is 5.66. The molecule has 0 fully saturated rings. The number of carbonyl (C=O) groups is 1. The Morgan fingerprint density at radius 3 is 2.00 bits per heavy atom. The van der Waals surface area contributed by atoms with E-state index in [0.717, 1.165) is 23.9 Å².